The maximum absolute atomic E-state index is 4.94. The van der Waals surface area contributed by atoms with Gasteiger partial charge >= 0.3 is 0 Å². The smallest absolute Gasteiger partial charge is 0.0466 e. The van der Waals surface area contributed by atoms with Crippen LogP contribution in [-0.4, -0.2) is 13.2 Å². The second-order valence-corrected chi connectivity index (χ2v) is 7.57. The molecule has 0 aromatic rings. The third-order valence-corrected chi connectivity index (χ3v) is 6.45. The molecule has 0 unspecified atom stereocenters. The van der Waals surface area contributed by atoms with E-state index in [1.165, 1.54) is 72.0 Å². The molecule has 3 rings (SSSR count). The Balaban J connectivity index is 0.000000372. The van der Waals surface area contributed by atoms with Gasteiger partial charge in [-0.15, -0.1) is 0 Å². The molecule has 1 nitrogen and oxygen atoms in total. The zero-order chi connectivity index (χ0) is 19.3. The molecule has 0 N–H and O–H groups in total. The van der Waals surface area contributed by atoms with Crippen LogP contribution in [0.25, 0.3) is 0 Å². The van der Waals surface area contributed by atoms with E-state index < -0.39 is 0 Å². The Bertz CT molecular complexity index is 240. The summed E-state index contributed by atoms with van der Waals surface area (Å²) in [6.07, 6.45) is 2.56. The Morgan fingerprint density at radius 1 is 0.385 bits per heavy atom. The van der Waals surface area contributed by atoms with Gasteiger partial charge in [-0.1, -0.05) is 69.2 Å². The minimum Gasteiger partial charge on any atom is -0.381 e. The van der Waals surface area contributed by atoms with Crippen LogP contribution in [0, 0.1) is 109 Å². The minimum atomic E-state index is 0. The van der Waals surface area contributed by atoms with Gasteiger partial charge in [-0.2, -0.15) is 0 Å². The maximum Gasteiger partial charge on any atom is 0.0466 e. The van der Waals surface area contributed by atoms with Crippen molar-refractivity contribution in [1.29, 1.82) is 0 Å². The van der Waals surface area contributed by atoms with Crippen molar-refractivity contribution >= 4 is 0 Å². The van der Waals surface area contributed by atoms with Crippen molar-refractivity contribution in [3.05, 3.63) is 59.2 Å². The standard InChI is InChI=1S/2C10H15.C4H8O.Eu/c2*1-6-7(2)9(4)10(5)8(6)3;1-2-4-5-3-1;/h2*1-5H3;1-4H2;. The third kappa shape index (κ3) is 7.10. The summed E-state index contributed by atoms with van der Waals surface area (Å²) in [5.41, 5.74) is 0. The van der Waals surface area contributed by atoms with Gasteiger partial charge in [0.05, 0.1) is 0 Å². The first-order valence-corrected chi connectivity index (χ1v) is 9.58. The molecule has 1 heterocycles. The van der Waals surface area contributed by atoms with Crippen LogP contribution in [0.4, 0.5) is 0 Å². The molecule has 0 spiro atoms. The van der Waals surface area contributed by atoms with Crippen LogP contribution in [0.1, 0.15) is 82.1 Å². The van der Waals surface area contributed by atoms with E-state index in [0.29, 0.717) is 0 Å². The Morgan fingerprint density at radius 2 is 0.538 bits per heavy atom. The van der Waals surface area contributed by atoms with Crippen LogP contribution in [0.5, 0.6) is 0 Å². The first-order chi connectivity index (χ1) is 11.6. The summed E-state index contributed by atoms with van der Waals surface area (Å²) in [6.45, 7) is 24.0. The van der Waals surface area contributed by atoms with Gasteiger partial charge in [0, 0.05) is 62.6 Å². The fraction of sp³-hybridized carbons (Fsp3) is 0.583. The topological polar surface area (TPSA) is 9.23 Å². The molecule has 147 valence electrons. The van der Waals surface area contributed by atoms with E-state index in [1.54, 1.807) is 0 Å². The summed E-state index contributed by atoms with van der Waals surface area (Å²) in [6, 6.07) is 0. The molecular weight excluding hydrogens is 456 g/mol. The molecule has 0 aromatic heterocycles. The Hall–Kier alpha value is 1.54. The van der Waals surface area contributed by atoms with E-state index in [-0.39, 0.29) is 49.4 Å². The Kier molecular flexibility index (Phi) is 13.7. The van der Waals surface area contributed by atoms with Crippen molar-refractivity contribution in [2.75, 3.05) is 13.2 Å². The fourth-order valence-corrected chi connectivity index (χ4v) is 3.32. The molecule has 2 saturated carbocycles. The summed E-state index contributed by atoms with van der Waals surface area (Å²) in [5, 5.41) is 0. The summed E-state index contributed by atoms with van der Waals surface area (Å²) in [5.74, 6) is 14.7. The molecular formula is C24H38EuO. The van der Waals surface area contributed by atoms with Crippen LogP contribution in [-0.2, 0) is 4.74 Å². The average molecular weight is 495 g/mol. The summed E-state index contributed by atoms with van der Waals surface area (Å²) in [4.78, 5) is 0. The molecule has 0 atom stereocenters. The van der Waals surface area contributed by atoms with Crippen LogP contribution in [0.15, 0.2) is 0 Å². The van der Waals surface area contributed by atoms with Crippen molar-refractivity contribution in [2.45, 2.75) is 82.1 Å². The number of hydrogen-bond acceptors (Lipinski definition) is 1. The largest absolute Gasteiger partial charge is 0.381 e. The minimum absolute atomic E-state index is 0. The quantitative estimate of drug-likeness (QED) is 0.362. The van der Waals surface area contributed by atoms with Crippen molar-refractivity contribution in [1.82, 2.24) is 0 Å². The van der Waals surface area contributed by atoms with Gasteiger partial charge in [-0.3, -0.25) is 0 Å². The van der Waals surface area contributed by atoms with Gasteiger partial charge in [-0.25, -0.2) is 0 Å². The summed E-state index contributed by atoms with van der Waals surface area (Å²) in [7, 11) is 0. The van der Waals surface area contributed by atoms with Crippen molar-refractivity contribution in [3.8, 4) is 0 Å². The summed E-state index contributed by atoms with van der Waals surface area (Å²) >= 11 is 0. The first-order valence-electron chi connectivity index (χ1n) is 9.58. The van der Waals surface area contributed by atoms with E-state index in [0.717, 1.165) is 13.2 Å². The maximum atomic E-state index is 4.94. The van der Waals surface area contributed by atoms with Crippen molar-refractivity contribution in [2.24, 2.45) is 0 Å². The molecule has 3 fully saturated rings. The SMILES string of the molecule is C1CCOC1.C[C]1[C](C)[C](C)[C](C)[C]1C.C[C]1[C](C)[C](C)[C](C)[C]1C.[Eu]. The van der Waals surface area contributed by atoms with E-state index in [9.17, 15) is 0 Å². The van der Waals surface area contributed by atoms with E-state index in [4.69, 9.17) is 4.74 Å². The van der Waals surface area contributed by atoms with Crippen molar-refractivity contribution in [3.63, 3.8) is 0 Å². The van der Waals surface area contributed by atoms with Gasteiger partial charge < -0.3 is 4.74 Å². The van der Waals surface area contributed by atoms with E-state index in [2.05, 4.69) is 69.2 Å². The second-order valence-electron chi connectivity index (χ2n) is 7.57. The molecule has 2 aliphatic carbocycles. The van der Waals surface area contributed by atoms with Crippen molar-refractivity contribution < 1.29 is 54.1 Å². The molecule has 0 bridgehead atoms. The number of ether oxygens (including phenoxy) is 1. The van der Waals surface area contributed by atoms with Gasteiger partial charge in [0.2, 0.25) is 0 Å². The molecule has 26 heavy (non-hydrogen) atoms. The molecule has 1 saturated heterocycles. The van der Waals surface area contributed by atoms with Gasteiger partial charge in [0.25, 0.3) is 0 Å². The molecule has 1 aliphatic heterocycles. The second kappa shape index (κ2) is 13.0. The number of hydrogen-bond donors (Lipinski definition) is 0. The predicted octanol–water partition coefficient (Wildman–Crippen LogP) is 6.74. The number of rotatable bonds is 0. The molecule has 2 heteroatoms. The molecule has 11 radical (unpaired) electrons. The average Bonchev–Trinajstić information content (AvgIpc) is 3.29. The van der Waals surface area contributed by atoms with Gasteiger partial charge in [0.1, 0.15) is 0 Å². The molecule has 0 amide bonds. The first kappa shape index (κ1) is 27.5. The Morgan fingerprint density at radius 3 is 0.615 bits per heavy atom. The monoisotopic (exact) mass is 495 g/mol. The van der Waals surface area contributed by atoms with Crippen LogP contribution in [0.2, 0.25) is 0 Å². The third-order valence-electron chi connectivity index (χ3n) is 6.45. The van der Waals surface area contributed by atoms with E-state index >= 15 is 0 Å². The van der Waals surface area contributed by atoms with Crippen LogP contribution >= 0.6 is 0 Å². The zero-order valence-electron chi connectivity index (χ0n) is 18.6. The van der Waals surface area contributed by atoms with Crippen LogP contribution < -0.4 is 0 Å². The normalized spacial score (nSPS) is 26.5. The molecule has 0 aromatic carbocycles. The van der Waals surface area contributed by atoms with Gasteiger partial charge in [0.15, 0.2) is 0 Å². The molecule has 3 aliphatic rings. The van der Waals surface area contributed by atoms with E-state index in [1.807, 2.05) is 0 Å². The van der Waals surface area contributed by atoms with Gasteiger partial charge in [-0.05, 0) is 72.0 Å². The predicted molar refractivity (Wildman–Crippen MR) is 109 cm³/mol. The zero-order valence-corrected chi connectivity index (χ0v) is 21.0. The summed E-state index contributed by atoms with van der Waals surface area (Å²) < 4.78 is 4.94. The fourth-order valence-electron chi connectivity index (χ4n) is 3.32. The van der Waals surface area contributed by atoms with Crippen LogP contribution in [0.3, 0.4) is 0 Å². The Labute approximate surface area is 206 Å².